The molecular formula is C26H26BNO2. The van der Waals surface area contributed by atoms with Gasteiger partial charge in [0.25, 0.3) is 0 Å². The van der Waals surface area contributed by atoms with Crippen LogP contribution in [0.15, 0.2) is 78.9 Å². The first-order valence-corrected chi connectivity index (χ1v) is 10.5. The summed E-state index contributed by atoms with van der Waals surface area (Å²) in [4.78, 5) is 3.62. The van der Waals surface area contributed by atoms with Crippen LogP contribution in [0.2, 0.25) is 0 Å². The number of nitrogens with one attached hydrogen (secondary N) is 1. The van der Waals surface area contributed by atoms with Gasteiger partial charge in [-0.05, 0) is 50.4 Å². The van der Waals surface area contributed by atoms with Crippen LogP contribution in [0.5, 0.6) is 0 Å². The third-order valence-electron chi connectivity index (χ3n) is 6.49. The average molecular weight is 395 g/mol. The lowest BCUT2D eigenvalue weighted by molar-refractivity contribution is 0.00578. The maximum absolute atomic E-state index is 6.22. The van der Waals surface area contributed by atoms with Crippen molar-refractivity contribution in [3.8, 4) is 22.4 Å². The van der Waals surface area contributed by atoms with Crippen LogP contribution in [-0.4, -0.2) is 23.3 Å². The number of hydrogen-bond donors (Lipinski definition) is 1. The zero-order valence-electron chi connectivity index (χ0n) is 17.9. The fourth-order valence-electron chi connectivity index (χ4n) is 4.05. The maximum atomic E-state index is 6.22. The van der Waals surface area contributed by atoms with E-state index in [4.69, 9.17) is 9.31 Å². The molecule has 3 aromatic carbocycles. The van der Waals surface area contributed by atoms with Crippen molar-refractivity contribution >= 4 is 23.5 Å². The molecule has 1 saturated heterocycles. The number of aromatic nitrogens is 1. The fourth-order valence-corrected chi connectivity index (χ4v) is 4.05. The Kier molecular flexibility index (Phi) is 4.39. The Bertz CT molecular complexity index is 1180. The van der Waals surface area contributed by atoms with Crippen molar-refractivity contribution in [3.05, 3.63) is 78.9 Å². The first kappa shape index (κ1) is 19.2. The Morgan fingerprint density at radius 1 is 0.667 bits per heavy atom. The van der Waals surface area contributed by atoms with E-state index < -0.39 is 0 Å². The molecule has 1 aromatic heterocycles. The van der Waals surface area contributed by atoms with Crippen LogP contribution < -0.4 is 5.46 Å². The first-order valence-electron chi connectivity index (χ1n) is 10.5. The second-order valence-corrected chi connectivity index (χ2v) is 9.00. The highest BCUT2D eigenvalue weighted by molar-refractivity contribution is 6.62. The van der Waals surface area contributed by atoms with Gasteiger partial charge in [-0.15, -0.1) is 0 Å². The van der Waals surface area contributed by atoms with E-state index in [-0.39, 0.29) is 18.3 Å². The van der Waals surface area contributed by atoms with Crippen LogP contribution in [0.4, 0.5) is 0 Å². The summed E-state index contributed by atoms with van der Waals surface area (Å²) in [6, 6.07) is 27.5. The van der Waals surface area contributed by atoms with Crippen molar-refractivity contribution in [1.82, 2.24) is 4.98 Å². The zero-order valence-corrected chi connectivity index (χ0v) is 17.9. The van der Waals surface area contributed by atoms with Crippen LogP contribution in [0, 0.1) is 0 Å². The number of benzene rings is 3. The Morgan fingerprint density at radius 2 is 1.27 bits per heavy atom. The second kappa shape index (κ2) is 6.87. The highest BCUT2D eigenvalue weighted by Crippen LogP contribution is 2.39. The summed E-state index contributed by atoms with van der Waals surface area (Å²) < 4.78 is 12.4. The monoisotopic (exact) mass is 395 g/mol. The molecule has 4 aromatic rings. The molecule has 1 fully saturated rings. The van der Waals surface area contributed by atoms with E-state index in [1.807, 2.05) is 6.07 Å². The SMILES string of the molecule is CC1(C)OB(c2ccc(-c3c(-c4ccccc4)[nH]c4ccccc34)cc2)OC1(C)C. The standard InChI is InChI=1S/C26H26BNO2/c1-25(2)26(3,4)30-27(29-25)20-16-14-18(15-17-20)23-21-12-8-9-13-22(21)28-24(23)19-10-6-5-7-11-19/h5-17,28H,1-4H3. The number of fused-ring (bicyclic) bond motifs is 1. The van der Waals surface area contributed by atoms with Crippen LogP contribution in [0.3, 0.4) is 0 Å². The molecule has 0 saturated carbocycles. The molecule has 4 heteroatoms. The summed E-state index contributed by atoms with van der Waals surface area (Å²) in [5.74, 6) is 0. The van der Waals surface area contributed by atoms with E-state index in [0.29, 0.717) is 0 Å². The minimum Gasteiger partial charge on any atom is -0.399 e. The Hall–Kier alpha value is -2.82. The van der Waals surface area contributed by atoms with Gasteiger partial charge in [0.15, 0.2) is 0 Å². The van der Waals surface area contributed by atoms with Crippen molar-refractivity contribution in [3.63, 3.8) is 0 Å². The Labute approximate surface area is 178 Å². The smallest absolute Gasteiger partial charge is 0.399 e. The van der Waals surface area contributed by atoms with Crippen LogP contribution >= 0.6 is 0 Å². The second-order valence-electron chi connectivity index (χ2n) is 9.00. The summed E-state index contributed by atoms with van der Waals surface area (Å²) in [6.45, 7) is 8.33. The molecule has 0 unspecified atom stereocenters. The molecule has 2 heterocycles. The average Bonchev–Trinajstić information content (AvgIpc) is 3.23. The highest BCUT2D eigenvalue weighted by atomic mass is 16.7. The van der Waals surface area contributed by atoms with Crippen LogP contribution in [0.1, 0.15) is 27.7 Å². The number of aromatic amines is 1. The van der Waals surface area contributed by atoms with Crippen molar-refractivity contribution < 1.29 is 9.31 Å². The molecule has 1 N–H and O–H groups in total. The predicted molar refractivity (Wildman–Crippen MR) is 125 cm³/mol. The van der Waals surface area contributed by atoms with Crippen molar-refractivity contribution in [2.75, 3.05) is 0 Å². The first-order chi connectivity index (χ1) is 14.4. The third kappa shape index (κ3) is 3.08. The van der Waals surface area contributed by atoms with Gasteiger partial charge >= 0.3 is 7.12 Å². The molecule has 0 radical (unpaired) electrons. The molecule has 1 aliphatic heterocycles. The molecule has 5 rings (SSSR count). The summed E-state index contributed by atoms with van der Waals surface area (Å²) in [7, 11) is -0.347. The van der Waals surface area contributed by atoms with Gasteiger partial charge in [0.05, 0.1) is 16.9 Å². The van der Waals surface area contributed by atoms with Gasteiger partial charge < -0.3 is 14.3 Å². The normalized spacial score (nSPS) is 17.5. The molecule has 3 nitrogen and oxygen atoms in total. The molecule has 1 aliphatic rings. The molecule has 0 spiro atoms. The number of rotatable bonds is 3. The summed E-state index contributed by atoms with van der Waals surface area (Å²) in [6.07, 6.45) is 0. The maximum Gasteiger partial charge on any atom is 0.494 e. The van der Waals surface area contributed by atoms with E-state index in [0.717, 1.165) is 16.7 Å². The Morgan fingerprint density at radius 3 is 1.93 bits per heavy atom. The fraction of sp³-hybridized carbons (Fsp3) is 0.231. The van der Waals surface area contributed by atoms with E-state index >= 15 is 0 Å². The Balaban J connectivity index is 1.57. The zero-order chi connectivity index (χ0) is 20.9. The number of hydrogen-bond acceptors (Lipinski definition) is 2. The minimum atomic E-state index is -0.347. The van der Waals surface area contributed by atoms with E-state index in [2.05, 4.69) is 105 Å². The summed E-state index contributed by atoms with van der Waals surface area (Å²) in [5, 5.41) is 1.22. The van der Waals surface area contributed by atoms with Gasteiger partial charge in [0.2, 0.25) is 0 Å². The van der Waals surface area contributed by atoms with Gasteiger partial charge in [0, 0.05) is 16.5 Å². The molecular weight excluding hydrogens is 369 g/mol. The van der Waals surface area contributed by atoms with E-state index in [1.165, 1.54) is 22.1 Å². The third-order valence-corrected chi connectivity index (χ3v) is 6.49. The summed E-state index contributed by atoms with van der Waals surface area (Å²) >= 11 is 0. The van der Waals surface area contributed by atoms with Gasteiger partial charge in [-0.25, -0.2) is 0 Å². The number of para-hydroxylation sites is 1. The lowest BCUT2D eigenvalue weighted by atomic mass is 9.78. The molecule has 150 valence electrons. The molecule has 0 aliphatic carbocycles. The highest BCUT2D eigenvalue weighted by Gasteiger charge is 2.51. The van der Waals surface area contributed by atoms with Gasteiger partial charge in [0.1, 0.15) is 0 Å². The lowest BCUT2D eigenvalue weighted by Gasteiger charge is -2.32. The topological polar surface area (TPSA) is 34.2 Å². The molecule has 0 bridgehead atoms. The van der Waals surface area contributed by atoms with Crippen LogP contribution in [0.25, 0.3) is 33.3 Å². The van der Waals surface area contributed by atoms with Crippen LogP contribution in [-0.2, 0) is 9.31 Å². The summed E-state index contributed by atoms with van der Waals surface area (Å²) in [5.41, 5.74) is 6.21. The predicted octanol–water partition coefficient (Wildman–Crippen LogP) is 5.80. The van der Waals surface area contributed by atoms with E-state index in [1.54, 1.807) is 0 Å². The molecule has 0 atom stereocenters. The molecule has 30 heavy (non-hydrogen) atoms. The van der Waals surface area contributed by atoms with Gasteiger partial charge in [-0.3, -0.25) is 0 Å². The van der Waals surface area contributed by atoms with Gasteiger partial charge in [-0.1, -0.05) is 72.8 Å². The van der Waals surface area contributed by atoms with Crippen molar-refractivity contribution in [1.29, 1.82) is 0 Å². The molecule has 0 amide bonds. The number of H-pyrrole nitrogens is 1. The largest absolute Gasteiger partial charge is 0.494 e. The van der Waals surface area contributed by atoms with Crippen molar-refractivity contribution in [2.45, 2.75) is 38.9 Å². The lowest BCUT2D eigenvalue weighted by Crippen LogP contribution is -2.41. The minimum absolute atomic E-state index is 0.340. The van der Waals surface area contributed by atoms with Crippen molar-refractivity contribution in [2.24, 2.45) is 0 Å². The van der Waals surface area contributed by atoms with E-state index in [9.17, 15) is 0 Å². The quantitative estimate of drug-likeness (QED) is 0.445. The van der Waals surface area contributed by atoms with Gasteiger partial charge in [-0.2, -0.15) is 0 Å².